The van der Waals surface area contributed by atoms with Crippen molar-refractivity contribution in [2.75, 3.05) is 0 Å². The molecule has 2 N–H and O–H groups in total. The fourth-order valence-corrected chi connectivity index (χ4v) is 3.16. The number of hydrogen-bond acceptors (Lipinski definition) is 3. The van der Waals surface area contributed by atoms with E-state index in [1.165, 1.54) is 6.92 Å². The molecule has 4 nitrogen and oxygen atoms in total. The van der Waals surface area contributed by atoms with E-state index in [4.69, 9.17) is 23.2 Å². The minimum absolute atomic E-state index is 0.0119. The molecule has 0 bridgehead atoms. The highest BCUT2D eigenvalue weighted by Crippen LogP contribution is 2.37. The van der Waals surface area contributed by atoms with Gasteiger partial charge in [-0.25, -0.2) is 0 Å². The van der Waals surface area contributed by atoms with Gasteiger partial charge in [-0.05, 0) is 23.8 Å². The van der Waals surface area contributed by atoms with E-state index in [0.29, 0.717) is 26.7 Å². The lowest BCUT2D eigenvalue weighted by molar-refractivity contribution is -0.119. The fourth-order valence-electron chi connectivity index (χ4n) is 2.64. The maximum absolute atomic E-state index is 11.7. The molecule has 1 aromatic heterocycles. The normalized spacial score (nSPS) is 12.1. The lowest BCUT2D eigenvalue weighted by Crippen LogP contribution is -2.27. The number of nitrogens with zero attached hydrogens (tertiary/aromatic N) is 1. The molecule has 0 aliphatic rings. The minimum Gasteiger partial charge on any atom is -0.505 e. The van der Waals surface area contributed by atoms with Crippen LogP contribution < -0.4 is 5.32 Å². The molecule has 0 fully saturated rings. The predicted molar refractivity (Wildman–Crippen MR) is 95.5 cm³/mol. The van der Waals surface area contributed by atoms with Gasteiger partial charge in [-0.3, -0.25) is 9.78 Å². The molecule has 122 valence electrons. The zero-order chi connectivity index (χ0) is 17.3. The van der Waals surface area contributed by atoms with Crippen LogP contribution in [0, 0.1) is 0 Å². The third-order valence-corrected chi connectivity index (χ3v) is 4.27. The van der Waals surface area contributed by atoms with Gasteiger partial charge in [-0.1, -0.05) is 47.5 Å². The van der Waals surface area contributed by atoms with Crippen molar-refractivity contribution in [1.29, 1.82) is 0 Å². The van der Waals surface area contributed by atoms with Gasteiger partial charge in [0.1, 0.15) is 11.3 Å². The maximum Gasteiger partial charge on any atom is 0.217 e. The molecule has 3 rings (SSSR count). The molecular formula is C18H14Cl2N2O2. The fraction of sp³-hybridized carbons (Fsp3) is 0.111. The number of amides is 1. The van der Waals surface area contributed by atoms with Gasteiger partial charge in [-0.15, -0.1) is 0 Å². The summed E-state index contributed by atoms with van der Waals surface area (Å²) in [6.07, 6.45) is 1.61. The monoisotopic (exact) mass is 360 g/mol. The summed E-state index contributed by atoms with van der Waals surface area (Å²) < 4.78 is 0. The van der Waals surface area contributed by atoms with E-state index in [2.05, 4.69) is 10.3 Å². The molecule has 0 aliphatic heterocycles. The molecule has 0 unspecified atom stereocenters. The van der Waals surface area contributed by atoms with Crippen LogP contribution in [-0.2, 0) is 4.79 Å². The van der Waals surface area contributed by atoms with Crippen LogP contribution in [0.4, 0.5) is 0 Å². The number of pyridine rings is 1. The Morgan fingerprint density at radius 2 is 1.92 bits per heavy atom. The predicted octanol–water partition coefficient (Wildman–Crippen LogP) is 4.47. The number of nitrogens with one attached hydrogen (secondary N) is 1. The average Bonchev–Trinajstić information content (AvgIpc) is 2.54. The first kappa shape index (κ1) is 16.6. The maximum atomic E-state index is 11.7. The molecule has 6 heteroatoms. The molecule has 0 saturated heterocycles. The van der Waals surface area contributed by atoms with Crippen molar-refractivity contribution in [3.05, 3.63) is 69.8 Å². The van der Waals surface area contributed by atoms with E-state index in [9.17, 15) is 9.90 Å². The van der Waals surface area contributed by atoms with Crippen molar-refractivity contribution < 1.29 is 9.90 Å². The molecule has 1 amide bonds. The van der Waals surface area contributed by atoms with Crippen LogP contribution in [0.5, 0.6) is 5.75 Å². The summed E-state index contributed by atoms with van der Waals surface area (Å²) in [6.45, 7) is 1.41. The zero-order valence-electron chi connectivity index (χ0n) is 12.8. The molecule has 0 radical (unpaired) electrons. The summed E-state index contributed by atoms with van der Waals surface area (Å²) in [5.74, 6) is -0.232. The molecule has 1 heterocycles. The van der Waals surface area contributed by atoms with Gasteiger partial charge in [-0.2, -0.15) is 0 Å². The lowest BCUT2D eigenvalue weighted by Gasteiger charge is -2.21. The summed E-state index contributed by atoms with van der Waals surface area (Å²) >= 11 is 12.2. The Morgan fingerprint density at radius 1 is 1.17 bits per heavy atom. The highest BCUT2D eigenvalue weighted by Gasteiger charge is 2.22. The smallest absolute Gasteiger partial charge is 0.217 e. The summed E-state index contributed by atoms with van der Waals surface area (Å²) in [5, 5.41) is 15.2. The number of aromatic nitrogens is 1. The number of phenolic OH excluding ortho intramolecular Hbond substituents is 1. The summed E-state index contributed by atoms with van der Waals surface area (Å²) in [5.41, 5.74) is 1.62. The molecule has 24 heavy (non-hydrogen) atoms. The first-order chi connectivity index (χ1) is 11.5. The van der Waals surface area contributed by atoms with Crippen molar-refractivity contribution in [2.24, 2.45) is 0 Å². The van der Waals surface area contributed by atoms with Crippen molar-refractivity contribution in [3.8, 4) is 5.75 Å². The van der Waals surface area contributed by atoms with Crippen LogP contribution in [0.1, 0.15) is 24.1 Å². The molecule has 0 aliphatic carbocycles. The molecule has 2 aromatic carbocycles. The van der Waals surface area contributed by atoms with Crippen LogP contribution >= 0.6 is 23.2 Å². The Labute approximate surface area is 149 Å². The lowest BCUT2D eigenvalue weighted by atomic mass is 9.96. The second-order valence-corrected chi connectivity index (χ2v) is 6.22. The van der Waals surface area contributed by atoms with Gasteiger partial charge in [0, 0.05) is 34.1 Å². The largest absolute Gasteiger partial charge is 0.505 e. The Kier molecular flexibility index (Phi) is 4.60. The summed E-state index contributed by atoms with van der Waals surface area (Å²) in [6, 6.07) is 11.7. The number of aromatic hydroxyl groups is 1. The number of rotatable bonds is 3. The number of halogens is 2. The van der Waals surface area contributed by atoms with Gasteiger partial charge < -0.3 is 10.4 Å². The van der Waals surface area contributed by atoms with Crippen LogP contribution in [-0.4, -0.2) is 16.0 Å². The number of carbonyl (C=O) groups is 1. The second kappa shape index (κ2) is 6.67. The number of hydrogen-bond donors (Lipinski definition) is 2. The third-order valence-electron chi connectivity index (χ3n) is 3.71. The van der Waals surface area contributed by atoms with E-state index in [1.54, 1.807) is 36.5 Å². The first-order valence-corrected chi connectivity index (χ1v) is 8.01. The quantitative estimate of drug-likeness (QED) is 0.723. The van der Waals surface area contributed by atoms with Crippen molar-refractivity contribution in [3.63, 3.8) is 0 Å². The highest BCUT2D eigenvalue weighted by molar-refractivity contribution is 6.35. The van der Waals surface area contributed by atoms with E-state index < -0.39 is 6.04 Å². The van der Waals surface area contributed by atoms with Crippen LogP contribution in [0.3, 0.4) is 0 Å². The van der Waals surface area contributed by atoms with Crippen LogP contribution in [0.2, 0.25) is 10.0 Å². The number of carbonyl (C=O) groups excluding carboxylic acids is 1. The van der Waals surface area contributed by atoms with Crippen molar-refractivity contribution >= 4 is 40.0 Å². The number of benzene rings is 2. The molecule has 1 atom stereocenters. The summed E-state index contributed by atoms with van der Waals surface area (Å²) in [4.78, 5) is 15.9. The standard InChI is InChI=1S/C18H14Cl2N2O2/c1-10(23)22-17(13-7-5-12(19)9-15(13)20)14-6-4-11-3-2-8-21-16(11)18(14)24/h2-9,17,24H,1H3,(H,22,23)/t17-/m1/s1. The Hall–Kier alpha value is -2.30. The van der Waals surface area contributed by atoms with E-state index in [-0.39, 0.29) is 11.7 Å². The zero-order valence-corrected chi connectivity index (χ0v) is 14.3. The van der Waals surface area contributed by atoms with Crippen molar-refractivity contribution in [2.45, 2.75) is 13.0 Å². The molecule has 3 aromatic rings. The minimum atomic E-state index is -0.612. The average molecular weight is 361 g/mol. The van der Waals surface area contributed by atoms with Crippen molar-refractivity contribution in [1.82, 2.24) is 10.3 Å². The first-order valence-electron chi connectivity index (χ1n) is 7.26. The van der Waals surface area contributed by atoms with Crippen LogP contribution in [0.15, 0.2) is 48.7 Å². The third kappa shape index (κ3) is 3.16. The number of fused-ring (bicyclic) bond motifs is 1. The molecular weight excluding hydrogens is 347 g/mol. The van der Waals surface area contributed by atoms with E-state index >= 15 is 0 Å². The van der Waals surface area contributed by atoms with Gasteiger partial charge in [0.15, 0.2) is 0 Å². The Bertz CT molecular complexity index is 928. The number of phenols is 1. The Morgan fingerprint density at radius 3 is 2.62 bits per heavy atom. The van der Waals surface area contributed by atoms with Gasteiger partial charge >= 0.3 is 0 Å². The van der Waals surface area contributed by atoms with Gasteiger partial charge in [0.05, 0.1) is 6.04 Å². The SMILES string of the molecule is CC(=O)N[C@H](c1ccc(Cl)cc1Cl)c1ccc2cccnc2c1O. The van der Waals surface area contributed by atoms with Gasteiger partial charge in [0.2, 0.25) is 5.91 Å². The molecule has 0 spiro atoms. The summed E-state index contributed by atoms with van der Waals surface area (Å²) in [7, 11) is 0. The second-order valence-electron chi connectivity index (χ2n) is 5.38. The highest BCUT2D eigenvalue weighted by atomic mass is 35.5. The topological polar surface area (TPSA) is 62.2 Å². The van der Waals surface area contributed by atoms with Crippen LogP contribution in [0.25, 0.3) is 10.9 Å². The molecule has 0 saturated carbocycles. The Balaban J connectivity index is 2.19. The van der Waals surface area contributed by atoms with Gasteiger partial charge in [0.25, 0.3) is 0 Å². The van der Waals surface area contributed by atoms with E-state index in [1.807, 2.05) is 12.1 Å². The van der Waals surface area contributed by atoms with E-state index in [0.717, 1.165) is 5.39 Å².